The standard InChI is InChI=1S/C19H18ClN3O4/c1-27-19(26)11-5-6-15(20)16(8-11)23-18(25)14-9-13(14)17(24)22-10-12-4-2-3-7-21-12/h2-8,13-14H,9-10H2,1H3,(H,22,24)(H,23,25). The average Bonchev–Trinajstić information content (AvgIpc) is 3.49. The number of nitrogens with one attached hydrogen (secondary N) is 2. The molecule has 0 bridgehead atoms. The summed E-state index contributed by atoms with van der Waals surface area (Å²) >= 11 is 6.08. The molecule has 3 rings (SSSR count). The Morgan fingerprint density at radius 2 is 1.96 bits per heavy atom. The number of halogens is 1. The van der Waals surface area contributed by atoms with E-state index in [1.54, 1.807) is 12.3 Å². The summed E-state index contributed by atoms with van der Waals surface area (Å²) in [4.78, 5) is 40.3. The van der Waals surface area contributed by atoms with Crippen molar-refractivity contribution in [2.75, 3.05) is 12.4 Å². The molecule has 0 aliphatic heterocycles. The third kappa shape index (κ3) is 4.62. The van der Waals surface area contributed by atoms with Crippen LogP contribution in [0.3, 0.4) is 0 Å². The smallest absolute Gasteiger partial charge is 0.337 e. The number of esters is 1. The Hall–Kier alpha value is -2.93. The zero-order valence-electron chi connectivity index (χ0n) is 14.6. The SMILES string of the molecule is COC(=O)c1ccc(Cl)c(NC(=O)C2CC2C(=O)NCc2ccccn2)c1. The normalized spacial score (nSPS) is 17.7. The molecular formula is C19H18ClN3O4. The number of ether oxygens (including phenoxy) is 1. The van der Waals surface area contributed by atoms with Crippen LogP contribution >= 0.6 is 11.6 Å². The molecule has 2 amide bonds. The lowest BCUT2D eigenvalue weighted by molar-refractivity contribution is -0.125. The number of pyridine rings is 1. The molecule has 1 aromatic heterocycles. The van der Waals surface area contributed by atoms with Gasteiger partial charge in [0, 0.05) is 6.20 Å². The van der Waals surface area contributed by atoms with E-state index in [0.717, 1.165) is 5.69 Å². The fourth-order valence-corrected chi connectivity index (χ4v) is 2.84. The van der Waals surface area contributed by atoms with Gasteiger partial charge in [0.2, 0.25) is 11.8 Å². The van der Waals surface area contributed by atoms with Crippen LogP contribution in [0.2, 0.25) is 5.02 Å². The minimum atomic E-state index is -0.527. The van der Waals surface area contributed by atoms with E-state index < -0.39 is 11.9 Å². The minimum Gasteiger partial charge on any atom is -0.465 e. The Kier molecular flexibility index (Phi) is 5.71. The van der Waals surface area contributed by atoms with Gasteiger partial charge in [-0.1, -0.05) is 17.7 Å². The molecule has 27 heavy (non-hydrogen) atoms. The van der Waals surface area contributed by atoms with Crippen LogP contribution < -0.4 is 10.6 Å². The van der Waals surface area contributed by atoms with Crippen LogP contribution in [0.1, 0.15) is 22.5 Å². The number of amides is 2. The quantitative estimate of drug-likeness (QED) is 0.742. The first-order valence-corrected chi connectivity index (χ1v) is 8.73. The summed E-state index contributed by atoms with van der Waals surface area (Å²) < 4.78 is 4.66. The number of nitrogens with zero attached hydrogens (tertiary/aromatic N) is 1. The number of rotatable bonds is 6. The lowest BCUT2D eigenvalue weighted by Gasteiger charge is -2.09. The Labute approximate surface area is 161 Å². The van der Waals surface area contributed by atoms with E-state index in [-0.39, 0.29) is 23.3 Å². The average molecular weight is 388 g/mol. The van der Waals surface area contributed by atoms with E-state index >= 15 is 0 Å². The fourth-order valence-electron chi connectivity index (χ4n) is 2.68. The number of methoxy groups -OCH3 is 1. The maximum Gasteiger partial charge on any atom is 0.337 e. The summed E-state index contributed by atoms with van der Waals surface area (Å²) in [5.74, 6) is -1.82. The van der Waals surface area contributed by atoms with Crippen LogP contribution in [0.25, 0.3) is 0 Å². The molecule has 2 atom stereocenters. The molecule has 1 saturated carbocycles. The second-order valence-corrected chi connectivity index (χ2v) is 6.57. The molecule has 0 spiro atoms. The number of hydrogen-bond donors (Lipinski definition) is 2. The van der Waals surface area contributed by atoms with Gasteiger partial charge in [0.05, 0.1) is 47.5 Å². The highest BCUT2D eigenvalue weighted by Crippen LogP contribution is 2.40. The van der Waals surface area contributed by atoms with Crippen LogP contribution in [0, 0.1) is 11.8 Å². The summed E-state index contributed by atoms with van der Waals surface area (Å²) in [6.07, 6.45) is 2.12. The molecule has 2 N–H and O–H groups in total. The number of aromatic nitrogens is 1. The van der Waals surface area contributed by atoms with Crippen LogP contribution in [-0.4, -0.2) is 29.9 Å². The van der Waals surface area contributed by atoms with Crippen molar-refractivity contribution in [3.63, 3.8) is 0 Å². The Morgan fingerprint density at radius 1 is 1.19 bits per heavy atom. The second-order valence-electron chi connectivity index (χ2n) is 6.16. The van der Waals surface area contributed by atoms with Gasteiger partial charge in [-0.05, 0) is 36.8 Å². The van der Waals surface area contributed by atoms with Gasteiger partial charge < -0.3 is 15.4 Å². The Balaban J connectivity index is 1.55. The number of carbonyl (C=O) groups excluding carboxylic acids is 3. The zero-order chi connectivity index (χ0) is 19.4. The van der Waals surface area contributed by atoms with Crippen molar-refractivity contribution in [2.24, 2.45) is 11.8 Å². The maximum absolute atomic E-state index is 12.4. The van der Waals surface area contributed by atoms with Gasteiger partial charge in [-0.25, -0.2) is 4.79 Å². The molecular weight excluding hydrogens is 370 g/mol. The highest BCUT2D eigenvalue weighted by Gasteiger charge is 2.48. The van der Waals surface area contributed by atoms with Crippen molar-refractivity contribution in [3.8, 4) is 0 Å². The monoisotopic (exact) mass is 387 g/mol. The first-order valence-electron chi connectivity index (χ1n) is 8.36. The number of benzene rings is 1. The van der Waals surface area contributed by atoms with E-state index in [1.165, 1.54) is 25.3 Å². The third-order valence-corrected chi connectivity index (χ3v) is 4.61. The largest absolute Gasteiger partial charge is 0.465 e. The first-order chi connectivity index (χ1) is 13.0. The van der Waals surface area contributed by atoms with Gasteiger partial charge in [0.1, 0.15) is 0 Å². The van der Waals surface area contributed by atoms with Crippen LogP contribution in [-0.2, 0) is 20.9 Å². The van der Waals surface area contributed by atoms with Crippen molar-refractivity contribution >= 4 is 35.1 Å². The lowest BCUT2D eigenvalue weighted by atomic mass is 10.2. The highest BCUT2D eigenvalue weighted by molar-refractivity contribution is 6.34. The summed E-state index contributed by atoms with van der Waals surface area (Å²) in [6.45, 7) is 0.317. The molecule has 0 radical (unpaired) electrons. The summed E-state index contributed by atoms with van der Waals surface area (Å²) in [6, 6.07) is 9.92. The van der Waals surface area contributed by atoms with Crippen molar-refractivity contribution in [1.82, 2.24) is 10.3 Å². The van der Waals surface area contributed by atoms with Crippen LogP contribution in [0.15, 0.2) is 42.6 Å². The van der Waals surface area contributed by atoms with Crippen molar-refractivity contribution < 1.29 is 19.1 Å². The molecule has 2 unspecified atom stereocenters. The Morgan fingerprint density at radius 3 is 2.67 bits per heavy atom. The van der Waals surface area contributed by atoms with Crippen molar-refractivity contribution in [1.29, 1.82) is 0 Å². The van der Waals surface area contributed by atoms with E-state index in [4.69, 9.17) is 11.6 Å². The molecule has 2 aromatic rings. The van der Waals surface area contributed by atoms with E-state index in [2.05, 4.69) is 20.4 Å². The number of carbonyl (C=O) groups is 3. The topological polar surface area (TPSA) is 97.4 Å². The zero-order valence-corrected chi connectivity index (χ0v) is 15.3. The van der Waals surface area contributed by atoms with Gasteiger partial charge in [-0.2, -0.15) is 0 Å². The molecule has 1 aliphatic rings. The van der Waals surface area contributed by atoms with E-state index in [1.807, 2.05) is 12.1 Å². The molecule has 1 fully saturated rings. The van der Waals surface area contributed by atoms with Crippen molar-refractivity contribution in [3.05, 3.63) is 58.9 Å². The molecule has 1 aromatic carbocycles. The second kappa shape index (κ2) is 8.18. The van der Waals surface area contributed by atoms with Crippen LogP contribution in [0.4, 0.5) is 5.69 Å². The number of anilines is 1. The minimum absolute atomic E-state index is 0.185. The molecule has 7 nitrogen and oxygen atoms in total. The Bertz CT molecular complexity index is 873. The summed E-state index contributed by atoms with van der Waals surface area (Å²) in [7, 11) is 1.27. The maximum atomic E-state index is 12.4. The predicted molar refractivity (Wildman–Crippen MR) is 99.1 cm³/mol. The van der Waals surface area contributed by atoms with E-state index in [0.29, 0.717) is 23.7 Å². The lowest BCUT2D eigenvalue weighted by Crippen LogP contribution is -2.27. The van der Waals surface area contributed by atoms with E-state index in [9.17, 15) is 14.4 Å². The molecule has 140 valence electrons. The van der Waals surface area contributed by atoms with Gasteiger partial charge >= 0.3 is 5.97 Å². The van der Waals surface area contributed by atoms with Crippen LogP contribution in [0.5, 0.6) is 0 Å². The van der Waals surface area contributed by atoms with Gasteiger partial charge in [-0.15, -0.1) is 0 Å². The van der Waals surface area contributed by atoms with Gasteiger partial charge in [-0.3, -0.25) is 14.6 Å². The van der Waals surface area contributed by atoms with Gasteiger partial charge in [0.15, 0.2) is 0 Å². The molecule has 0 saturated heterocycles. The fraction of sp³-hybridized carbons (Fsp3) is 0.263. The molecule has 1 aliphatic carbocycles. The van der Waals surface area contributed by atoms with Crippen molar-refractivity contribution in [2.45, 2.75) is 13.0 Å². The predicted octanol–water partition coefficient (Wildman–Crippen LogP) is 2.41. The third-order valence-electron chi connectivity index (χ3n) is 4.28. The molecule has 8 heteroatoms. The summed E-state index contributed by atoms with van der Waals surface area (Å²) in [5.41, 5.74) is 1.33. The first kappa shape index (κ1) is 18.8. The summed E-state index contributed by atoms with van der Waals surface area (Å²) in [5, 5.41) is 5.76. The highest BCUT2D eigenvalue weighted by atomic mass is 35.5. The van der Waals surface area contributed by atoms with Gasteiger partial charge in [0.25, 0.3) is 0 Å². The number of hydrogen-bond acceptors (Lipinski definition) is 5. The molecule has 1 heterocycles.